The highest BCUT2D eigenvalue weighted by Crippen LogP contribution is 2.47. The van der Waals surface area contributed by atoms with Crippen LogP contribution in [0.5, 0.6) is 0 Å². The van der Waals surface area contributed by atoms with E-state index in [4.69, 9.17) is 9.72 Å². The Morgan fingerprint density at radius 2 is 1.81 bits per heavy atom. The zero-order valence-corrected chi connectivity index (χ0v) is 15.5. The van der Waals surface area contributed by atoms with E-state index in [-0.39, 0.29) is 24.9 Å². The first-order valence-corrected chi connectivity index (χ1v) is 9.74. The summed E-state index contributed by atoms with van der Waals surface area (Å²) in [6.45, 7) is 1.84. The standard InChI is InChI=1S/C22H24FNO3/c1-2-27-22(26)19-18(13-8-10-16(23)11-9-13)17(12-25)20(15-6-7-15)24-21(19)14-4-3-5-14/h8-11,14-15,25H,2-7,12H2,1H3. The van der Waals surface area contributed by atoms with Crippen molar-refractivity contribution in [2.75, 3.05) is 6.61 Å². The van der Waals surface area contributed by atoms with Crippen molar-refractivity contribution in [2.24, 2.45) is 0 Å². The molecule has 0 saturated heterocycles. The van der Waals surface area contributed by atoms with Gasteiger partial charge in [0.1, 0.15) is 5.82 Å². The first-order chi connectivity index (χ1) is 13.1. The number of halogens is 1. The molecule has 0 unspecified atom stereocenters. The highest BCUT2D eigenvalue weighted by molar-refractivity contribution is 6.00. The Balaban J connectivity index is 1.99. The molecule has 4 nitrogen and oxygen atoms in total. The van der Waals surface area contributed by atoms with Gasteiger partial charge >= 0.3 is 5.97 Å². The zero-order valence-electron chi connectivity index (χ0n) is 15.5. The fraction of sp³-hybridized carbons (Fsp3) is 0.455. The number of aliphatic hydroxyl groups is 1. The molecule has 2 saturated carbocycles. The minimum atomic E-state index is -0.414. The summed E-state index contributed by atoms with van der Waals surface area (Å²) in [5, 5.41) is 10.2. The molecule has 0 aliphatic heterocycles. The van der Waals surface area contributed by atoms with Gasteiger partial charge in [0.15, 0.2) is 0 Å². The third-order valence-electron chi connectivity index (χ3n) is 5.58. The van der Waals surface area contributed by atoms with Gasteiger partial charge in [0, 0.05) is 28.7 Å². The third kappa shape index (κ3) is 3.36. The monoisotopic (exact) mass is 369 g/mol. The number of benzene rings is 1. The number of carbonyl (C=O) groups is 1. The summed E-state index contributed by atoms with van der Waals surface area (Å²) >= 11 is 0. The van der Waals surface area contributed by atoms with Crippen LogP contribution < -0.4 is 0 Å². The molecule has 4 rings (SSSR count). The zero-order chi connectivity index (χ0) is 19.0. The van der Waals surface area contributed by atoms with E-state index in [2.05, 4.69) is 0 Å². The van der Waals surface area contributed by atoms with Crippen molar-refractivity contribution in [2.45, 2.75) is 57.5 Å². The average molecular weight is 369 g/mol. The van der Waals surface area contributed by atoms with Gasteiger partial charge in [-0.3, -0.25) is 4.98 Å². The maximum Gasteiger partial charge on any atom is 0.340 e. The van der Waals surface area contributed by atoms with Gasteiger partial charge in [-0.25, -0.2) is 9.18 Å². The second-order valence-electron chi connectivity index (χ2n) is 7.40. The SMILES string of the molecule is CCOC(=O)c1c(C2CCC2)nc(C2CC2)c(CO)c1-c1ccc(F)cc1. The lowest BCUT2D eigenvalue weighted by molar-refractivity contribution is 0.0523. The topological polar surface area (TPSA) is 59.4 Å². The molecule has 0 radical (unpaired) electrons. The number of rotatable bonds is 6. The molecule has 2 fully saturated rings. The lowest BCUT2D eigenvalue weighted by atomic mass is 9.78. The Labute approximate surface area is 158 Å². The summed E-state index contributed by atoms with van der Waals surface area (Å²) in [4.78, 5) is 17.8. The van der Waals surface area contributed by atoms with Crippen molar-refractivity contribution in [3.05, 3.63) is 52.6 Å². The molecular formula is C22H24FNO3. The second-order valence-corrected chi connectivity index (χ2v) is 7.40. The predicted octanol–water partition coefficient (Wildman–Crippen LogP) is 4.70. The van der Waals surface area contributed by atoms with E-state index < -0.39 is 5.97 Å². The number of hydrogen-bond donors (Lipinski definition) is 1. The van der Waals surface area contributed by atoms with E-state index in [0.29, 0.717) is 28.2 Å². The Bertz CT molecular complexity index is 855. The van der Waals surface area contributed by atoms with Crippen LogP contribution in [-0.4, -0.2) is 22.7 Å². The molecule has 5 heteroatoms. The molecule has 1 N–H and O–H groups in total. The molecule has 2 aliphatic rings. The van der Waals surface area contributed by atoms with Crippen LogP contribution in [-0.2, 0) is 11.3 Å². The molecule has 0 amide bonds. The normalized spacial score (nSPS) is 16.9. The lowest BCUT2D eigenvalue weighted by Gasteiger charge is -2.29. The molecule has 1 aromatic carbocycles. The largest absolute Gasteiger partial charge is 0.462 e. The smallest absolute Gasteiger partial charge is 0.340 e. The number of esters is 1. The number of pyridine rings is 1. The van der Waals surface area contributed by atoms with Crippen molar-refractivity contribution in [3.63, 3.8) is 0 Å². The van der Waals surface area contributed by atoms with Crippen molar-refractivity contribution in [1.29, 1.82) is 0 Å². The van der Waals surface area contributed by atoms with Gasteiger partial charge in [-0.15, -0.1) is 0 Å². The molecule has 27 heavy (non-hydrogen) atoms. The van der Waals surface area contributed by atoms with Crippen LogP contribution >= 0.6 is 0 Å². The maximum atomic E-state index is 13.5. The minimum Gasteiger partial charge on any atom is -0.462 e. The van der Waals surface area contributed by atoms with Gasteiger partial charge in [-0.1, -0.05) is 18.6 Å². The highest BCUT2D eigenvalue weighted by atomic mass is 19.1. The Morgan fingerprint density at radius 1 is 1.15 bits per heavy atom. The van der Waals surface area contributed by atoms with E-state index in [9.17, 15) is 14.3 Å². The first-order valence-electron chi connectivity index (χ1n) is 9.74. The van der Waals surface area contributed by atoms with E-state index >= 15 is 0 Å². The molecule has 142 valence electrons. The van der Waals surface area contributed by atoms with Crippen LogP contribution in [0.4, 0.5) is 4.39 Å². The summed E-state index contributed by atoms with van der Waals surface area (Å²) < 4.78 is 18.9. The number of ether oxygens (including phenoxy) is 1. The molecule has 0 spiro atoms. The van der Waals surface area contributed by atoms with Crippen LogP contribution in [0, 0.1) is 5.82 Å². The Kier molecular flexibility index (Phi) is 4.96. The summed E-state index contributed by atoms with van der Waals surface area (Å²) in [7, 11) is 0. The molecule has 1 aromatic heterocycles. The average Bonchev–Trinajstić information content (AvgIpc) is 3.45. The molecule has 2 aromatic rings. The quantitative estimate of drug-likeness (QED) is 0.750. The predicted molar refractivity (Wildman–Crippen MR) is 100 cm³/mol. The van der Waals surface area contributed by atoms with E-state index in [1.54, 1.807) is 19.1 Å². The van der Waals surface area contributed by atoms with Gasteiger partial charge in [0.2, 0.25) is 0 Å². The van der Waals surface area contributed by atoms with Crippen molar-refractivity contribution < 1.29 is 19.0 Å². The number of aliphatic hydroxyl groups excluding tert-OH is 1. The molecule has 1 heterocycles. The number of aromatic nitrogens is 1. The van der Waals surface area contributed by atoms with Crippen molar-refractivity contribution in [1.82, 2.24) is 4.98 Å². The van der Waals surface area contributed by atoms with Crippen LogP contribution in [0.25, 0.3) is 11.1 Å². The second kappa shape index (κ2) is 7.39. The number of carbonyl (C=O) groups excluding carboxylic acids is 1. The molecular weight excluding hydrogens is 345 g/mol. The molecule has 0 atom stereocenters. The Morgan fingerprint density at radius 3 is 2.33 bits per heavy atom. The van der Waals surface area contributed by atoms with Crippen molar-refractivity contribution >= 4 is 5.97 Å². The highest BCUT2D eigenvalue weighted by Gasteiger charge is 2.36. The van der Waals surface area contributed by atoms with Gasteiger partial charge in [0.25, 0.3) is 0 Å². The Hall–Kier alpha value is -2.27. The minimum absolute atomic E-state index is 0.205. The van der Waals surface area contributed by atoms with Gasteiger partial charge in [-0.2, -0.15) is 0 Å². The van der Waals surface area contributed by atoms with Crippen molar-refractivity contribution in [3.8, 4) is 11.1 Å². The summed E-state index contributed by atoms with van der Waals surface area (Å²) in [6.07, 6.45) is 5.23. The van der Waals surface area contributed by atoms with Crippen LogP contribution in [0.2, 0.25) is 0 Å². The first kappa shape index (κ1) is 18.1. The lowest BCUT2D eigenvalue weighted by Crippen LogP contribution is -2.21. The van der Waals surface area contributed by atoms with E-state index in [1.807, 2.05) is 0 Å². The third-order valence-corrected chi connectivity index (χ3v) is 5.58. The summed E-state index contributed by atoms with van der Waals surface area (Å²) in [5.74, 6) is -0.170. The van der Waals surface area contributed by atoms with Crippen LogP contribution in [0.1, 0.15) is 78.2 Å². The van der Waals surface area contributed by atoms with E-state index in [0.717, 1.165) is 43.5 Å². The maximum absolute atomic E-state index is 13.5. The van der Waals surface area contributed by atoms with Crippen LogP contribution in [0.15, 0.2) is 24.3 Å². The number of nitrogens with zero attached hydrogens (tertiary/aromatic N) is 1. The fourth-order valence-electron chi connectivity index (χ4n) is 3.84. The molecule has 2 aliphatic carbocycles. The van der Waals surface area contributed by atoms with Gasteiger partial charge in [-0.05, 0) is 50.3 Å². The number of hydrogen-bond acceptors (Lipinski definition) is 4. The van der Waals surface area contributed by atoms with Crippen LogP contribution in [0.3, 0.4) is 0 Å². The molecule has 0 bridgehead atoms. The van der Waals surface area contributed by atoms with Gasteiger partial charge < -0.3 is 9.84 Å². The van der Waals surface area contributed by atoms with E-state index in [1.165, 1.54) is 12.1 Å². The summed E-state index contributed by atoms with van der Waals surface area (Å²) in [6, 6.07) is 6.08. The fourth-order valence-corrected chi connectivity index (χ4v) is 3.84. The van der Waals surface area contributed by atoms with Gasteiger partial charge in [0.05, 0.1) is 24.5 Å². The summed E-state index contributed by atoms with van der Waals surface area (Å²) in [5.41, 5.74) is 4.19.